The number of nitrogens with two attached hydrogens (primary N) is 1. The van der Waals surface area contributed by atoms with Crippen LogP contribution in [0.5, 0.6) is 0 Å². The van der Waals surface area contributed by atoms with Crippen molar-refractivity contribution < 1.29 is 4.79 Å². The number of hydrogen-bond acceptors (Lipinski definition) is 2. The van der Waals surface area contributed by atoms with Gasteiger partial charge in [-0.15, -0.1) is 0 Å². The second-order valence-electron chi connectivity index (χ2n) is 3.28. The van der Waals surface area contributed by atoms with Gasteiger partial charge in [-0.05, 0) is 12.8 Å². The number of carbonyl (C=O) groups is 1. The summed E-state index contributed by atoms with van der Waals surface area (Å²) in [5, 5.41) is 3.17. The molecule has 1 saturated carbocycles. The predicted molar refractivity (Wildman–Crippen MR) is 37.3 cm³/mol. The summed E-state index contributed by atoms with van der Waals surface area (Å²) >= 11 is 0. The summed E-state index contributed by atoms with van der Waals surface area (Å²) in [5.41, 5.74) is 4.98. The van der Waals surface area contributed by atoms with Crippen molar-refractivity contribution in [3.05, 3.63) is 0 Å². The highest BCUT2D eigenvalue weighted by Gasteiger charge is 2.58. The lowest BCUT2D eigenvalue weighted by Crippen LogP contribution is -2.37. The fourth-order valence-electron chi connectivity index (χ4n) is 1.95. The summed E-state index contributed by atoms with van der Waals surface area (Å²) in [4.78, 5) is 10.9. The normalized spacial score (nSPS) is 44.2. The zero-order valence-corrected chi connectivity index (χ0v) is 5.89. The third-order valence-electron chi connectivity index (χ3n) is 2.70. The van der Waals surface area contributed by atoms with Crippen LogP contribution < -0.4 is 11.1 Å². The Kier molecular flexibility index (Phi) is 1.06. The summed E-state index contributed by atoms with van der Waals surface area (Å²) in [7, 11) is 0. The van der Waals surface area contributed by atoms with E-state index in [2.05, 4.69) is 5.32 Å². The van der Waals surface area contributed by atoms with Crippen LogP contribution in [0.3, 0.4) is 0 Å². The first-order valence-electron chi connectivity index (χ1n) is 3.83. The van der Waals surface area contributed by atoms with E-state index in [4.69, 9.17) is 5.73 Å². The number of hydrogen-bond donors (Lipinski definition) is 2. The Balaban J connectivity index is 2.12. The Bertz CT molecular complexity index is 180. The third kappa shape index (κ3) is 0.611. The zero-order chi connectivity index (χ0) is 7.19. The molecule has 1 saturated heterocycles. The van der Waals surface area contributed by atoms with Gasteiger partial charge in [0.15, 0.2) is 0 Å². The molecule has 2 rings (SSSR count). The van der Waals surface area contributed by atoms with Gasteiger partial charge in [0.1, 0.15) is 5.54 Å². The van der Waals surface area contributed by atoms with Crippen LogP contribution in [-0.2, 0) is 4.79 Å². The molecule has 3 N–H and O–H groups in total. The van der Waals surface area contributed by atoms with Crippen molar-refractivity contribution in [3.8, 4) is 0 Å². The Morgan fingerprint density at radius 3 is 2.90 bits per heavy atom. The standard InChI is InChI=1S/C7H12N2O/c8-6(10)7-4-2-1-3-5(7)9-7/h5,9H,1-4H2,(H2,8,10). The maximum Gasteiger partial charge on any atom is 0.239 e. The number of fused-ring (bicyclic) bond motifs is 1. The summed E-state index contributed by atoms with van der Waals surface area (Å²) in [6.07, 6.45) is 4.47. The summed E-state index contributed by atoms with van der Waals surface area (Å²) in [5.74, 6) is -0.155. The van der Waals surface area contributed by atoms with Gasteiger partial charge in [-0.3, -0.25) is 10.1 Å². The van der Waals surface area contributed by atoms with Gasteiger partial charge >= 0.3 is 0 Å². The van der Waals surface area contributed by atoms with Gasteiger partial charge in [-0.1, -0.05) is 12.8 Å². The fraction of sp³-hybridized carbons (Fsp3) is 0.857. The van der Waals surface area contributed by atoms with Crippen LogP contribution in [0.4, 0.5) is 0 Å². The first kappa shape index (κ1) is 6.16. The Labute approximate surface area is 60.0 Å². The van der Waals surface area contributed by atoms with Gasteiger partial charge in [0.2, 0.25) is 5.91 Å². The maximum absolute atomic E-state index is 10.9. The van der Waals surface area contributed by atoms with E-state index in [1.165, 1.54) is 6.42 Å². The van der Waals surface area contributed by atoms with Gasteiger partial charge < -0.3 is 5.73 Å². The van der Waals surface area contributed by atoms with Crippen molar-refractivity contribution in [1.29, 1.82) is 0 Å². The van der Waals surface area contributed by atoms with E-state index in [-0.39, 0.29) is 11.4 Å². The van der Waals surface area contributed by atoms with Crippen molar-refractivity contribution >= 4 is 5.91 Å². The van der Waals surface area contributed by atoms with Crippen LogP contribution in [-0.4, -0.2) is 17.5 Å². The minimum Gasteiger partial charge on any atom is -0.368 e. The quantitative estimate of drug-likeness (QED) is 0.493. The van der Waals surface area contributed by atoms with Crippen molar-refractivity contribution in [2.24, 2.45) is 5.73 Å². The lowest BCUT2D eigenvalue weighted by Gasteiger charge is -2.14. The molecule has 2 atom stereocenters. The molecule has 0 aromatic rings. The molecule has 0 spiro atoms. The Morgan fingerprint density at radius 2 is 2.40 bits per heavy atom. The summed E-state index contributed by atoms with van der Waals surface area (Å²) in [6.45, 7) is 0. The van der Waals surface area contributed by atoms with E-state index in [1.54, 1.807) is 0 Å². The highest BCUT2D eigenvalue weighted by atomic mass is 16.2. The van der Waals surface area contributed by atoms with E-state index in [1.807, 2.05) is 0 Å². The molecule has 0 aromatic carbocycles. The van der Waals surface area contributed by atoms with E-state index < -0.39 is 0 Å². The van der Waals surface area contributed by atoms with Crippen LogP contribution in [0.1, 0.15) is 25.7 Å². The zero-order valence-electron chi connectivity index (χ0n) is 5.89. The Hall–Kier alpha value is -0.570. The number of rotatable bonds is 1. The van der Waals surface area contributed by atoms with E-state index >= 15 is 0 Å². The van der Waals surface area contributed by atoms with Gasteiger partial charge in [0, 0.05) is 6.04 Å². The highest BCUT2D eigenvalue weighted by molar-refractivity contribution is 5.89. The fourth-order valence-corrected chi connectivity index (χ4v) is 1.95. The third-order valence-corrected chi connectivity index (χ3v) is 2.70. The van der Waals surface area contributed by atoms with Crippen LogP contribution in [0.15, 0.2) is 0 Å². The maximum atomic E-state index is 10.9. The average Bonchev–Trinajstić information content (AvgIpc) is 2.61. The molecule has 1 amide bonds. The van der Waals surface area contributed by atoms with Crippen LogP contribution in [0.2, 0.25) is 0 Å². The highest BCUT2D eigenvalue weighted by Crippen LogP contribution is 2.39. The first-order chi connectivity index (χ1) is 4.76. The molecule has 1 aliphatic carbocycles. The van der Waals surface area contributed by atoms with E-state index in [9.17, 15) is 4.79 Å². The van der Waals surface area contributed by atoms with Crippen LogP contribution >= 0.6 is 0 Å². The average molecular weight is 140 g/mol. The molecule has 2 aliphatic rings. The van der Waals surface area contributed by atoms with Crippen LogP contribution in [0.25, 0.3) is 0 Å². The molecule has 0 aromatic heterocycles. The summed E-state index contributed by atoms with van der Waals surface area (Å²) in [6, 6.07) is 0.416. The van der Waals surface area contributed by atoms with Gasteiger partial charge in [-0.25, -0.2) is 0 Å². The molecule has 0 bridgehead atoms. The van der Waals surface area contributed by atoms with Gasteiger partial charge in [0.25, 0.3) is 0 Å². The molecule has 1 heterocycles. The minimum absolute atomic E-state index is 0.155. The molecule has 56 valence electrons. The van der Waals surface area contributed by atoms with Crippen LogP contribution in [0, 0.1) is 0 Å². The van der Waals surface area contributed by atoms with Crippen molar-refractivity contribution in [2.45, 2.75) is 37.3 Å². The lowest BCUT2D eigenvalue weighted by molar-refractivity contribution is -0.120. The smallest absolute Gasteiger partial charge is 0.239 e. The topological polar surface area (TPSA) is 65.0 Å². The molecule has 3 heteroatoms. The number of primary amides is 1. The molecule has 3 nitrogen and oxygen atoms in total. The second-order valence-corrected chi connectivity index (χ2v) is 3.28. The summed E-state index contributed by atoms with van der Waals surface area (Å²) < 4.78 is 0. The molecule has 2 fully saturated rings. The molecular formula is C7H12N2O. The minimum atomic E-state index is -0.266. The molecule has 10 heavy (non-hydrogen) atoms. The molecule has 2 unspecified atom stereocenters. The van der Waals surface area contributed by atoms with Crippen molar-refractivity contribution in [3.63, 3.8) is 0 Å². The largest absolute Gasteiger partial charge is 0.368 e. The van der Waals surface area contributed by atoms with Gasteiger partial charge in [0.05, 0.1) is 0 Å². The molecular weight excluding hydrogens is 128 g/mol. The number of amides is 1. The van der Waals surface area contributed by atoms with Crippen molar-refractivity contribution in [2.75, 3.05) is 0 Å². The van der Waals surface area contributed by atoms with Gasteiger partial charge in [-0.2, -0.15) is 0 Å². The van der Waals surface area contributed by atoms with Crippen molar-refractivity contribution in [1.82, 2.24) is 5.32 Å². The SMILES string of the molecule is NC(=O)C12CCCCC1N2. The number of nitrogens with one attached hydrogen (secondary N) is 1. The Morgan fingerprint density at radius 1 is 1.60 bits per heavy atom. The lowest BCUT2D eigenvalue weighted by atomic mass is 9.89. The van der Waals surface area contributed by atoms with E-state index in [0.29, 0.717) is 6.04 Å². The molecule has 1 aliphatic heterocycles. The second kappa shape index (κ2) is 1.72. The number of carbonyl (C=O) groups excluding carboxylic acids is 1. The predicted octanol–water partition coefficient (Wildman–Crippen LogP) is -0.244. The van der Waals surface area contributed by atoms with E-state index in [0.717, 1.165) is 19.3 Å². The monoisotopic (exact) mass is 140 g/mol. The molecule has 0 radical (unpaired) electrons. The first-order valence-corrected chi connectivity index (χ1v) is 3.83.